The molecule has 1 unspecified atom stereocenters. The first kappa shape index (κ1) is 19.9. The van der Waals surface area contributed by atoms with Gasteiger partial charge in [-0.3, -0.25) is 9.00 Å². The Morgan fingerprint density at radius 2 is 1.83 bits per heavy atom. The van der Waals surface area contributed by atoms with E-state index in [-0.39, 0.29) is 30.4 Å². The van der Waals surface area contributed by atoms with E-state index in [4.69, 9.17) is 0 Å². The molecule has 128 valence electrons. The summed E-state index contributed by atoms with van der Waals surface area (Å²) in [6.45, 7) is 0. The van der Waals surface area contributed by atoms with Crippen molar-refractivity contribution in [3.63, 3.8) is 0 Å². The highest BCUT2D eigenvalue weighted by atomic mass is 35.5. The molecule has 0 aliphatic rings. The monoisotopic (exact) mass is 387 g/mol. The molecule has 0 radical (unpaired) electrons. The minimum Gasteiger partial charge on any atom is -0.755 e. The van der Waals surface area contributed by atoms with Crippen LogP contribution in [-0.4, -0.2) is 18.7 Å². The van der Waals surface area contributed by atoms with E-state index in [9.17, 15) is 13.6 Å². The van der Waals surface area contributed by atoms with Gasteiger partial charge in [0.25, 0.3) is 0 Å². The van der Waals surface area contributed by atoms with Gasteiger partial charge in [-0.15, -0.1) is 24.8 Å². The van der Waals surface area contributed by atoms with E-state index in [1.54, 1.807) is 42.6 Å². The zero-order valence-corrected chi connectivity index (χ0v) is 14.5. The highest BCUT2D eigenvalue weighted by Gasteiger charge is 2.03. The molecule has 24 heavy (non-hydrogen) atoms. The Kier molecular flexibility index (Phi) is 7.18. The normalized spacial score (nSPS) is 11.0. The van der Waals surface area contributed by atoms with E-state index in [2.05, 4.69) is 20.0 Å². The van der Waals surface area contributed by atoms with Crippen LogP contribution in [0, 0.1) is 0 Å². The van der Waals surface area contributed by atoms with Crippen LogP contribution in [0.15, 0.2) is 53.5 Å². The molecule has 2 aromatic heterocycles. The van der Waals surface area contributed by atoms with E-state index in [0.717, 1.165) is 11.1 Å². The van der Waals surface area contributed by atoms with Crippen molar-refractivity contribution in [3.8, 4) is 0 Å². The molecule has 0 spiro atoms. The van der Waals surface area contributed by atoms with Gasteiger partial charge in [-0.1, -0.05) is 6.07 Å². The van der Waals surface area contributed by atoms with Crippen LogP contribution in [0.25, 0.3) is 11.0 Å². The Hall–Kier alpha value is -2.13. The summed E-state index contributed by atoms with van der Waals surface area (Å²) in [5, 5.41) is 3.93. The number of benzene rings is 1. The fraction of sp³-hybridized carbons (Fsp3) is 0. The van der Waals surface area contributed by atoms with Gasteiger partial charge in [0.1, 0.15) is 5.65 Å². The second kappa shape index (κ2) is 8.65. The summed E-state index contributed by atoms with van der Waals surface area (Å²) in [5.74, 6) is 0. The number of H-pyrrole nitrogens is 1. The Balaban J connectivity index is 0.00000144. The van der Waals surface area contributed by atoms with Crippen molar-refractivity contribution in [1.82, 2.24) is 9.97 Å². The van der Waals surface area contributed by atoms with Crippen LogP contribution in [0.2, 0.25) is 0 Å². The third-order valence-electron chi connectivity index (χ3n) is 2.98. The van der Waals surface area contributed by atoms with Crippen LogP contribution in [0.3, 0.4) is 0 Å². The molecule has 3 N–H and O–H groups in total. The number of hydrogen-bond donors (Lipinski definition) is 3. The molecule has 3 aromatic rings. The predicted molar refractivity (Wildman–Crippen MR) is 99.1 cm³/mol. The summed E-state index contributed by atoms with van der Waals surface area (Å²) >= 11 is -2.37. The van der Waals surface area contributed by atoms with Gasteiger partial charge in [0, 0.05) is 40.3 Å². The number of anilines is 3. The van der Waals surface area contributed by atoms with Crippen LogP contribution in [0.5, 0.6) is 0 Å². The molecule has 1 aromatic carbocycles. The quantitative estimate of drug-likeness (QED) is 0.596. The number of aromatic amines is 1. The smallest absolute Gasteiger partial charge is 0.249 e. The van der Waals surface area contributed by atoms with Gasteiger partial charge in [0.05, 0.1) is 5.69 Å². The topological polar surface area (TPSA) is 110 Å². The van der Waals surface area contributed by atoms with E-state index in [1.807, 2.05) is 0 Å². The molecule has 0 aliphatic heterocycles. The molecule has 2 heterocycles. The molecule has 10 heteroatoms. The van der Waals surface area contributed by atoms with Crippen molar-refractivity contribution in [2.45, 2.75) is 0 Å². The lowest BCUT2D eigenvalue weighted by atomic mass is 10.2. The zero-order chi connectivity index (χ0) is 15.5. The largest absolute Gasteiger partial charge is 0.755 e. The maximum atomic E-state index is 11.3. The lowest BCUT2D eigenvalue weighted by Crippen LogP contribution is -2.05. The van der Waals surface area contributed by atoms with Crippen molar-refractivity contribution in [2.75, 3.05) is 10.0 Å². The summed E-state index contributed by atoms with van der Waals surface area (Å²) in [4.78, 5) is 18.1. The van der Waals surface area contributed by atoms with Gasteiger partial charge in [-0.05, 0) is 30.3 Å². The lowest BCUT2D eigenvalue weighted by Gasteiger charge is -2.12. The highest BCUT2D eigenvalue weighted by molar-refractivity contribution is 7.80. The molecule has 7 nitrogen and oxygen atoms in total. The predicted octanol–water partition coefficient (Wildman–Crippen LogP) is 2.72. The van der Waals surface area contributed by atoms with Gasteiger partial charge < -0.3 is 19.6 Å². The maximum absolute atomic E-state index is 11.3. The number of aromatic nitrogens is 2. The van der Waals surface area contributed by atoms with Crippen molar-refractivity contribution in [2.24, 2.45) is 0 Å². The van der Waals surface area contributed by atoms with Gasteiger partial charge >= 0.3 is 0 Å². The standard InChI is InChI=1S/C14H12N4O3S.2ClH/c19-13-5-4-11-12(6-7-15-14(11)17-13)16-9-2-1-3-10(8-9)18-22(20)21;;/h1-8,18H,(H,20,21)(H2,15,16,17,19);2*1H/p-1. The Labute approximate surface area is 152 Å². The third-order valence-corrected chi connectivity index (χ3v) is 3.38. The van der Waals surface area contributed by atoms with E-state index in [1.165, 1.54) is 6.07 Å². The summed E-state index contributed by atoms with van der Waals surface area (Å²) in [6.07, 6.45) is 1.58. The van der Waals surface area contributed by atoms with Crippen molar-refractivity contribution in [3.05, 3.63) is 59.0 Å². The summed E-state index contributed by atoms with van der Waals surface area (Å²) < 4.78 is 23.6. The number of pyridine rings is 2. The average molecular weight is 388 g/mol. The molecule has 0 bridgehead atoms. The highest BCUT2D eigenvalue weighted by Crippen LogP contribution is 2.24. The molecule has 0 fully saturated rings. The fourth-order valence-electron chi connectivity index (χ4n) is 2.08. The number of halogens is 2. The van der Waals surface area contributed by atoms with Crippen LogP contribution in [-0.2, 0) is 11.3 Å². The molecule has 3 rings (SSSR count). The molecule has 0 saturated heterocycles. The summed E-state index contributed by atoms with van der Waals surface area (Å²) in [5.41, 5.74) is 2.16. The maximum Gasteiger partial charge on any atom is 0.249 e. The first-order chi connectivity index (χ1) is 10.6. The minimum atomic E-state index is -2.37. The number of nitrogens with zero attached hydrogens (tertiary/aromatic N) is 1. The second-order valence-corrected chi connectivity index (χ2v) is 5.16. The minimum absolute atomic E-state index is 0. The zero-order valence-electron chi connectivity index (χ0n) is 12.0. The van der Waals surface area contributed by atoms with Crippen LogP contribution < -0.4 is 15.6 Å². The van der Waals surface area contributed by atoms with Gasteiger partial charge in [0.15, 0.2) is 0 Å². The van der Waals surface area contributed by atoms with E-state index >= 15 is 0 Å². The van der Waals surface area contributed by atoms with Crippen molar-refractivity contribution in [1.29, 1.82) is 0 Å². The molecular weight excluding hydrogens is 375 g/mol. The van der Waals surface area contributed by atoms with Crippen LogP contribution in [0.4, 0.5) is 17.1 Å². The molecule has 1 atom stereocenters. The molecule has 0 saturated carbocycles. The van der Waals surface area contributed by atoms with Gasteiger partial charge in [-0.25, -0.2) is 4.98 Å². The Morgan fingerprint density at radius 1 is 1.08 bits per heavy atom. The molecular formula is C14H13Cl2N4O3S-. The average Bonchev–Trinajstić information content (AvgIpc) is 2.47. The van der Waals surface area contributed by atoms with Gasteiger partial charge in [0.2, 0.25) is 5.56 Å². The first-order valence-electron chi connectivity index (χ1n) is 6.33. The fourth-order valence-corrected chi connectivity index (χ4v) is 2.40. The number of hydrogen-bond acceptors (Lipinski definition) is 5. The number of nitrogens with one attached hydrogen (secondary N) is 3. The summed E-state index contributed by atoms with van der Waals surface area (Å²) in [6, 6.07) is 11.7. The van der Waals surface area contributed by atoms with Crippen LogP contribution in [0.1, 0.15) is 0 Å². The number of fused-ring (bicyclic) bond motifs is 1. The van der Waals surface area contributed by atoms with E-state index < -0.39 is 11.3 Å². The SMILES string of the molecule is Cl.Cl.O=c1ccc2c(Nc3cccc(NS(=O)[O-])c3)ccnc2[nH]1. The lowest BCUT2D eigenvalue weighted by molar-refractivity contribution is 0.542. The second-order valence-electron chi connectivity index (χ2n) is 4.49. The van der Waals surface area contributed by atoms with E-state index in [0.29, 0.717) is 17.0 Å². The summed E-state index contributed by atoms with van der Waals surface area (Å²) in [7, 11) is 0. The number of rotatable bonds is 4. The Morgan fingerprint density at radius 3 is 2.58 bits per heavy atom. The first-order valence-corrected chi connectivity index (χ1v) is 7.40. The Bertz CT molecular complexity index is 920. The molecule has 0 amide bonds. The van der Waals surface area contributed by atoms with Gasteiger partial charge in [-0.2, -0.15) is 0 Å². The third kappa shape index (κ3) is 4.68. The van der Waals surface area contributed by atoms with Crippen LogP contribution >= 0.6 is 24.8 Å². The van der Waals surface area contributed by atoms with Crippen molar-refractivity contribution < 1.29 is 8.76 Å². The van der Waals surface area contributed by atoms with Crippen molar-refractivity contribution >= 4 is 64.2 Å². The molecule has 0 aliphatic carbocycles.